The smallest absolute Gasteiger partial charge is 0.407 e. The molecule has 39 heavy (non-hydrogen) atoms. The molecule has 12 heteroatoms. The summed E-state index contributed by atoms with van der Waals surface area (Å²) in [5.41, 5.74) is -0.240. The number of alkyl carbamates (subject to hydrolysis) is 1. The van der Waals surface area contributed by atoms with E-state index in [4.69, 9.17) is 9.26 Å². The van der Waals surface area contributed by atoms with E-state index >= 15 is 0 Å². The SMILES string of the molecule is CCN(C(=O)c1cnc(N2CC[C@@H](NC(=O)OC(C)(C)C)C2)nc1)C1CCN(c2nc(C(C)(C)C)no2)CC1. The standard InChI is InChI=1S/C27H42N8O4/c1-8-35(20-10-13-33(14-11-20)24-31-22(32-39-24)26(2,3)4)21(36)18-15-28-23(29-16-18)34-12-9-19(17-34)30-25(37)38-27(5,6)7/h15-16,19-20H,8-14,17H2,1-7H3,(H,30,37)/t19-/m1/s1. The van der Waals surface area contributed by atoms with Crippen molar-refractivity contribution in [1.29, 1.82) is 0 Å². The van der Waals surface area contributed by atoms with Gasteiger partial charge in [0, 0.05) is 56.6 Å². The van der Waals surface area contributed by atoms with Gasteiger partial charge in [-0.1, -0.05) is 25.9 Å². The Bertz CT molecular complexity index is 1130. The first-order chi connectivity index (χ1) is 18.3. The summed E-state index contributed by atoms with van der Waals surface area (Å²) in [5.74, 6) is 1.17. The van der Waals surface area contributed by atoms with Crippen LogP contribution in [-0.2, 0) is 10.2 Å². The minimum absolute atomic E-state index is 0.0431. The number of anilines is 2. The van der Waals surface area contributed by atoms with Gasteiger partial charge in [0.2, 0.25) is 5.95 Å². The van der Waals surface area contributed by atoms with Crippen molar-refractivity contribution in [3.63, 3.8) is 0 Å². The predicted octanol–water partition coefficient (Wildman–Crippen LogP) is 3.39. The van der Waals surface area contributed by atoms with Gasteiger partial charge in [-0.15, -0.1) is 0 Å². The molecule has 2 aliphatic rings. The van der Waals surface area contributed by atoms with Crippen molar-refractivity contribution in [3.8, 4) is 0 Å². The molecule has 4 heterocycles. The highest BCUT2D eigenvalue weighted by atomic mass is 16.6. The summed E-state index contributed by atoms with van der Waals surface area (Å²) >= 11 is 0. The van der Waals surface area contributed by atoms with Crippen molar-refractivity contribution in [3.05, 3.63) is 23.8 Å². The quantitative estimate of drug-likeness (QED) is 0.580. The van der Waals surface area contributed by atoms with E-state index in [-0.39, 0.29) is 23.4 Å². The van der Waals surface area contributed by atoms with Crippen LogP contribution in [0, 0.1) is 0 Å². The maximum Gasteiger partial charge on any atom is 0.407 e. The van der Waals surface area contributed by atoms with Crippen LogP contribution in [-0.4, -0.2) is 87.4 Å². The molecule has 0 spiro atoms. The van der Waals surface area contributed by atoms with E-state index in [0.717, 1.165) is 32.4 Å². The summed E-state index contributed by atoms with van der Waals surface area (Å²) in [4.78, 5) is 45.0. The van der Waals surface area contributed by atoms with Gasteiger partial charge in [-0.25, -0.2) is 14.8 Å². The first-order valence-corrected chi connectivity index (χ1v) is 13.8. The van der Waals surface area contributed by atoms with E-state index in [1.807, 2.05) is 37.5 Å². The second-order valence-corrected chi connectivity index (χ2v) is 12.3. The fourth-order valence-electron chi connectivity index (χ4n) is 4.88. The highest BCUT2D eigenvalue weighted by Crippen LogP contribution is 2.26. The lowest BCUT2D eigenvalue weighted by Gasteiger charge is -2.37. The molecule has 0 radical (unpaired) electrons. The van der Waals surface area contributed by atoms with Gasteiger partial charge < -0.3 is 29.3 Å². The number of carbonyl (C=O) groups is 2. The van der Waals surface area contributed by atoms with Crippen LogP contribution in [0.25, 0.3) is 0 Å². The summed E-state index contributed by atoms with van der Waals surface area (Å²) < 4.78 is 10.9. The summed E-state index contributed by atoms with van der Waals surface area (Å²) in [6, 6.07) is 0.613. The predicted molar refractivity (Wildman–Crippen MR) is 147 cm³/mol. The molecule has 1 N–H and O–H groups in total. The van der Waals surface area contributed by atoms with Crippen molar-refractivity contribution in [1.82, 2.24) is 30.3 Å². The molecule has 0 unspecified atom stereocenters. The molecule has 2 saturated heterocycles. The molecule has 12 nitrogen and oxygen atoms in total. The van der Waals surface area contributed by atoms with Gasteiger partial charge in [-0.3, -0.25) is 4.79 Å². The first-order valence-electron chi connectivity index (χ1n) is 13.8. The number of amides is 2. The van der Waals surface area contributed by atoms with Gasteiger partial charge in [-0.05, 0) is 47.0 Å². The number of aromatic nitrogens is 4. The van der Waals surface area contributed by atoms with Gasteiger partial charge in [0.05, 0.1) is 11.6 Å². The third-order valence-electron chi connectivity index (χ3n) is 6.94. The molecule has 0 bridgehead atoms. The summed E-state index contributed by atoms with van der Waals surface area (Å²) in [6.07, 6.45) is 5.17. The summed E-state index contributed by atoms with van der Waals surface area (Å²) in [7, 11) is 0. The third kappa shape index (κ3) is 7.15. The topological polar surface area (TPSA) is 130 Å². The molecule has 2 fully saturated rings. The Morgan fingerprint density at radius 1 is 1.05 bits per heavy atom. The normalized spacial score (nSPS) is 18.8. The number of nitrogens with zero attached hydrogens (tertiary/aromatic N) is 7. The zero-order valence-electron chi connectivity index (χ0n) is 24.2. The van der Waals surface area contributed by atoms with Gasteiger partial charge in [0.1, 0.15) is 5.60 Å². The Kier molecular flexibility index (Phi) is 8.31. The number of piperidine rings is 1. The van der Waals surface area contributed by atoms with E-state index in [2.05, 4.69) is 51.1 Å². The Labute approximate surface area is 230 Å². The van der Waals surface area contributed by atoms with Crippen molar-refractivity contribution in [2.45, 2.75) is 90.8 Å². The van der Waals surface area contributed by atoms with Crippen LogP contribution in [0.2, 0.25) is 0 Å². The molecular weight excluding hydrogens is 500 g/mol. The average Bonchev–Trinajstić information content (AvgIpc) is 3.54. The molecule has 4 rings (SSSR count). The fraction of sp³-hybridized carbons (Fsp3) is 0.704. The second kappa shape index (κ2) is 11.4. The van der Waals surface area contributed by atoms with Crippen molar-refractivity contribution >= 4 is 24.0 Å². The highest BCUT2D eigenvalue weighted by molar-refractivity contribution is 5.94. The van der Waals surface area contributed by atoms with E-state index in [1.54, 1.807) is 12.4 Å². The largest absolute Gasteiger partial charge is 0.444 e. The zero-order chi connectivity index (χ0) is 28.4. The lowest BCUT2D eigenvalue weighted by Crippen LogP contribution is -2.47. The maximum atomic E-state index is 13.4. The van der Waals surface area contributed by atoms with Gasteiger partial charge in [0.25, 0.3) is 5.91 Å². The van der Waals surface area contributed by atoms with E-state index in [0.29, 0.717) is 43.0 Å². The maximum absolute atomic E-state index is 13.4. The molecule has 214 valence electrons. The minimum Gasteiger partial charge on any atom is -0.444 e. The van der Waals surface area contributed by atoms with Crippen molar-refractivity contribution < 1.29 is 18.8 Å². The molecule has 0 aliphatic carbocycles. The number of hydrogen-bond acceptors (Lipinski definition) is 10. The second-order valence-electron chi connectivity index (χ2n) is 12.3. The van der Waals surface area contributed by atoms with Crippen LogP contribution in [0.4, 0.5) is 16.8 Å². The van der Waals surface area contributed by atoms with Crippen LogP contribution in [0.5, 0.6) is 0 Å². The monoisotopic (exact) mass is 542 g/mol. The summed E-state index contributed by atoms with van der Waals surface area (Å²) in [6.45, 7) is 17.1. The molecule has 2 aromatic rings. The molecular formula is C27H42N8O4. The zero-order valence-corrected chi connectivity index (χ0v) is 24.2. The Morgan fingerprint density at radius 2 is 1.69 bits per heavy atom. The number of rotatable bonds is 6. The van der Waals surface area contributed by atoms with Gasteiger partial charge >= 0.3 is 12.1 Å². The van der Waals surface area contributed by atoms with E-state index in [1.165, 1.54) is 0 Å². The van der Waals surface area contributed by atoms with Crippen molar-refractivity contribution in [2.24, 2.45) is 0 Å². The first kappa shape index (κ1) is 28.6. The van der Waals surface area contributed by atoms with Crippen LogP contribution < -0.4 is 15.1 Å². The lowest BCUT2D eigenvalue weighted by molar-refractivity contribution is 0.0508. The van der Waals surface area contributed by atoms with Gasteiger partial charge in [0.15, 0.2) is 5.82 Å². The molecule has 0 saturated carbocycles. The molecule has 2 aliphatic heterocycles. The van der Waals surface area contributed by atoms with Crippen LogP contribution in [0.3, 0.4) is 0 Å². The molecule has 2 aromatic heterocycles. The minimum atomic E-state index is -0.540. The number of hydrogen-bond donors (Lipinski definition) is 1. The van der Waals surface area contributed by atoms with E-state index < -0.39 is 11.7 Å². The molecule has 1 atom stereocenters. The van der Waals surface area contributed by atoms with Gasteiger partial charge in [-0.2, -0.15) is 4.98 Å². The van der Waals surface area contributed by atoms with E-state index in [9.17, 15) is 9.59 Å². The Balaban J connectivity index is 1.30. The Hall–Kier alpha value is -3.44. The molecule has 2 amide bonds. The average molecular weight is 543 g/mol. The van der Waals surface area contributed by atoms with Crippen LogP contribution >= 0.6 is 0 Å². The fourth-order valence-corrected chi connectivity index (χ4v) is 4.88. The summed E-state index contributed by atoms with van der Waals surface area (Å²) in [5, 5.41) is 7.04. The lowest BCUT2D eigenvalue weighted by atomic mass is 9.96. The third-order valence-corrected chi connectivity index (χ3v) is 6.94. The van der Waals surface area contributed by atoms with Crippen molar-refractivity contribution in [2.75, 3.05) is 42.5 Å². The van der Waals surface area contributed by atoms with Crippen LogP contribution in [0.15, 0.2) is 16.9 Å². The number of ether oxygens (including phenoxy) is 1. The van der Waals surface area contributed by atoms with Crippen LogP contribution in [0.1, 0.15) is 83.9 Å². The Morgan fingerprint density at radius 3 is 2.26 bits per heavy atom. The number of nitrogens with one attached hydrogen (secondary N) is 1. The number of carbonyl (C=O) groups excluding carboxylic acids is 2. The highest BCUT2D eigenvalue weighted by Gasteiger charge is 2.32. The molecule has 0 aromatic carbocycles.